The second-order valence-electron chi connectivity index (χ2n) is 5.70. The van der Waals surface area contributed by atoms with Crippen LogP contribution in [0.2, 0.25) is 5.02 Å². The standard InChI is InChI=1S/C19H16ClFN2O3/c1-11-7-8-13(20)9-16(11)22-19(24)18-14(12(2)26-23-18)10-25-17-6-4-3-5-15(17)21/h3-9H,10H2,1-2H3,(H,22,24). The summed E-state index contributed by atoms with van der Waals surface area (Å²) in [5.41, 5.74) is 1.96. The number of nitrogens with zero attached hydrogens (tertiary/aromatic N) is 1. The minimum Gasteiger partial charge on any atom is -0.486 e. The lowest BCUT2D eigenvalue weighted by atomic mass is 10.1. The third-order valence-corrected chi connectivity index (χ3v) is 4.09. The monoisotopic (exact) mass is 374 g/mol. The van der Waals surface area contributed by atoms with Gasteiger partial charge in [0.05, 0.1) is 5.56 Å². The summed E-state index contributed by atoms with van der Waals surface area (Å²) < 4.78 is 24.3. The van der Waals surface area contributed by atoms with Crippen molar-refractivity contribution < 1.29 is 18.4 Å². The molecule has 0 bridgehead atoms. The number of carbonyl (C=O) groups is 1. The van der Waals surface area contributed by atoms with Gasteiger partial charge in [0.25, 0.3) is 5.91 Å². The van der Waals surface area contributed by atoms with Gasteiger partial charge < -0.3 is 14.6 Å². The van der Waals surface area contributed by atoms with Gasteiger partial charge in [-0.05, 0) is 43.7 Å². The van der Waals surface area contributed by atoms with Crippen LogP contribution in [0.15, 0.2) is 47.0 Å². The number of carbonyl (C=O) groups excluding carboxylic acids is 1. The van der Waals surface area contributed by atoms with Crippen LogP contribution in [0.1, 0.15) is 27.4 Å². The topological polar surface area (TPSA) is 64.4 Å². The van der Waals surface area contributed by atoms with Crippen LogP contribution < -0.4 is 10.1 Å². The lowest BCUT2D eigenvalue weighted by molar-refractivity contribution is 0.101. The first-order valence-electron chi connectivity index (χ1n) is 7.85. The number of halogens is 2. The molecule has 0 saturated heterocycles. The Labute approximate surface area is 154 Å². The van der Waals surface area contributed by atoms with E-state index < -0.39 is 11.7 Å². The third-order valence-electron chi connectivity index (χ3n) is 3.86. The summed E-state index contributed by atoms with van der Waals surface area (Å²) in [6.45, 7) is 3.46. The Morgan fingerprint density at radius 3 is 2.81 bits per heavy atom. The second kappa shape index (κ2) is 7.58. The van der Waals surface area contributed by atoms with Crippen LogP contribution in [0.5, 0.6) is 5.75 Å². The number of anilines is 1. The highest BCUT2D eigenvalue weighted by atomic mass is 35.5. The third kappa shape index (κ3) is 3.86. The molecular weight excluding hydrogens is 359 g/mol. The number of benzene rings is 2. The first-order chi connectivity index (χ1) is 12.5. The summed E-state index contributed by atoms with van der Waals surface area (Å²) >= 11 is 5.97. The molecule has 0 spiro atoms. The molecule has 5 nitrogen and oxygen atoms in total. The number of amides is 1. The number of ether oxygens (including phenoxy) is 1. The molecule has 3 rings (SSSR count). The van der Waals surface area contributed by atoms with Gasteiger partial charge in [0.1, 0.15) is 12.4 Å². The van der Waals surface area contributed by atoms with Crippen molar-refractivity contribution in [1.82, 2.24) is 5.16 Å². The SMILES string of the molecule is Cc1ccc(Cl)cc1NC(=O)c1noc(C)c1COc1ccccc1F. The Morgan fingerprint density at radius 1 is 1.27 bits per heavy atom. The van der Waals surface area contributed by atoms with E-state index >= 15 is 0 Å². The average Bonchev–Trinajstić information content (AvgIpc) is 2.98. The van der Waals surface area contributed by atoms with Crippen molar-refractivity contribution in [2.45, 2.75) is 20.5 Å². The normalized spacial score (nSPS) is 10.6. The fourth-order valence-corrected chi connectivity index (χ4v) is 2.53. The maximum absolute atomic E-state index is 13.7. The van der Waals surface area contributed by atoms with Crippen LogP contribution in [-0.2, 0) is 6.61 Å². The fourth-order valence-electron chi connectivity index (χ4n) is 2.36. The van der Waals surface area contributed by atoms with E-state index in [2.05, 4.69) is 10.5 Å². The van der Waals surface area contributed by atoms with E-state index in [1.807, 2.05) is 6.92 Å². The molecule has 1 aromatic heterocycles. The number of rotatable bonds is 5. The van der Waals surface area contributed by atoms with E-state index in [1.54, 1.807) is 37.3 Å². The molecule has 0 aliphatic rings. The van der Waals surface area contributed by atoms with Crippen LogP contribution in [0, 0.1) is 19.7 Å². The van der Waals surface area contributed by atoms with Crippen molar-refractivity contribution in [2.75, 3.05) is 5.32 Å². The van der Waals surface area contributed by atoms with Crippen molar-refractivity contribution in [3.63, 3.8) is 0 Å². The van der Waals surface area contributed by atoms with Crippen LogP contribution in [0.25, 0.3) is 0 Å². The van der Waals surface area contributed by atoms with E-state index in [-0.39, 0.29) is 18.1 Å². The number of para-hydroxylation sites is 1. The number of aromatic nitrogens is 1. The van der Waals surface area contributed by atoms with Crippen LogP contribution in [0.3, 0.4) is 0 Å². The zero-order valence-corrected chi connectivity index (χ0v) is 14.9. The van der Waals surface area contributed by atoms with Crippen molar-refractivity contribution in [3.8, 4) is 5.75 Å². The smallest absolute Gasteiger partial charge is 0.278 e. The van der Waals surface area contributed by atoms with Crippen LogP contribution >= 0.6 is 11.6 Å². The maximum atomic E-state index is 13.7. The Morgan fingerprint density at radius 2 is 2.04 bits per heavy atom. The summed E-state index contributed by atoms with van der Waals surface area (Å²) in [6, 6.07) is 11.2. The molecular formula is C19H16ClFN2O3. The molecule has 0 aliphatic heterocycles. The van der Waals surface area contributed by atoms with Gasteiger partial charge in [-0.2, -0.15) is 0 Å². The van der Waals surface area contributed by atoms with E-state index in [1.165, 1.54) is 12.1 Å². The van der Waals surface area contributed by atoms with Gasteiger partial charge >= 0.3 is 0 Å². The second-order valence-corrected chi connectivity index (χ2v) is 6.13. The van der Waals surface area contributed by atoms with Crippen LogP contribution in [-0.4, -0.2) is 11.1 Å². The molecule has 0 radical (unpaired) electrons. The summed E-state index contributed by atoms with van der Waals surface area (Å²) in [5.74, 6) is -0.430. The molecule has 7 heteroatoms. The molecule has 1 heterocycles. The quantitative estimate of drug-likeness (QED) is 0.688. The average molecular weight is 375 g/mol. The molecule has 2 aromatic carbocycles. The number of hydrogen-bond acceptors (Lipinski definition) is 4. The van der Waals surface area contributed by atoms with Gasteiger partial charge in [-0.15, -0.1) is 0 Å². The molecule has 0 aliphatic carbocycles. The highest BCUT2D eigenvalue weighted by Gasteiger charge is 2.21. The molecule has 1 N–H and O–H groups in total. The minimum absolute atomic E-state index is 0.0481. The first kappa shape index (κ1) is 17.9. The van der Waals surface area contributed by atoms with Crippen LogP contribution in [0.4, 0.5) is 10.1 Å². The zero-order chi connectivity index (χ0) is 18.7. The van der Waals surface area contributed by atoms with Crippen molar-refractivity contribution >= 4 is 23.2 Å². The molecule has 0 unspecified atom stereocenters. The molecule has 0 fully saturated rings. The van der Waals surface area contributed by atoms with E-state index in [0.717, 1.165) is 5.56 Å². The number of aryl methyl sites for hydroxylation is 2. The molecule has 134 valence electrons. The number of nitrogens with one attached hydrogen (secondary N) is 1. The minimum atomic E-state index is -0.484. The predicted octanol–water partition coefficient (Wildman–Crippen LogP) is 4.92. The van der Waals surface area contributed by atoms with Gasteiger partial charge in [-0.3, -0.25) is 4.79 Å². The first-order valence-corrected chi connectivity index (χ1v) is 8.23. The van der Waals surface area contributed by atoms with Crippen molar-refractivity contribution in [1.29, 1.82) is 0 Å². The zero-order valence-electron chi connectivity index (χ0n) is 14.2. The van der Waals surface area contributed by atoms with E-state index in [9.17, 15) is 9.18 Å². The van der Waals surface area contributed by atoms with E-state index in [0.29, 0.717) is 22.0 Å². The van der Waals surface area contributed by atoms with Crippen molar-refractivity contribution in [2.24, 2.45) is 0 Å². The summed E-state index contributed by atoms with van der Waals surface area (Å²) in [5, 5.41) is 7.06. The van der Waals surface area contributed by atoms with Gasteiger partial charge in [-0.1, -0.05) is 35.0 Å². The molecule has 26 heavy (non-hydrogen) atoms. The molecule has 1 amide bonds. The highest BCUT2D eigenvalue weighted by Crippen LogP contribution is 2.23. The van der Waals surface area contributed by atoms with Gasteiger partial charge in [0.15, 0.2) is 17.3 Å². The van der Waals surface area contributed by atoms with Gasteiger partial charge in [0, 0.05) is 10.7 Å². The molecule has 3 aromatic rings. The maximum Gasteiger partial charge on any atom is 0.278 e. The lowest BCUT2D eigenvalue weighted by Crippen LogP contribution is -2.16. The highest BCUT2D eigenvalue weighted by molar-refractivity contribution is 6.31. The Balaban J connectivity index is 1.79. The summed E-state index contributed by atoms with van der Waals surface area (Å²) in [7, 11) is 0. The molecule has 0 atom stereocenters. The largest absolute Gasteiger partial charge is 0.486 e. The van der Waals surface area contributed by atoms with Gasteiger partial charge in [0.2, 0.25) is 0 Å². The summed E-state index contributed by atoms with van der Waals surface area (Å²) in [4.78, 5) is 12.6. The fraction of sp³-hybridized carbons (Fsp3) is 0.158. The predicted molar refractivity (Wildman–Crippen MR) is 96.1 cm³/mol. The summed E-state index contributed by atoms with van der Waals surface area (Å²) in [6.07, 6.45) is 0. The van der Waals surface area contributed by atoms with Crippen molar-refractivity contribution in [3.05, 3.63) is 75.9 Å². The Bertz CT molecular complexity index is 956. The van der Waals surface area contributed by atoms with Gasteiger partial charge in [-0.25, -0.2) is 4.39 Å². The Hall–Kier alpha value is -2.86. The number of hydrogen-bond donors (Lipinski definition) is 1. The molecule has 0 saturated carbocycles. The lowest BCUT2D eigenvalue weighted by Gasteiger charge is -2.09. The van der Waals surface area contributed by atoms with E-state index in [4.69, 9.17) is 20.9 Å². The Kier molecular flexibility index (Phi) is 5.23.